The number of nitrogens with zero attached hydrogens (tertiary/aromatic N) is 1. The van der Waals surface area contributed by atoms with E-state index in [1.165, 1.54) is 25.3 Å². The number of hydrogen-bond acceptors (Lipinski definition) is 4. The minimum absolute atomic E-state index is 0.261. The maximum Gasteiger partial charge on any atom is 0.129 e. The highest BCUT2D eigenvalue weighted by Crippen LogP contribution is 2.58. The number of amidine groups is 1. The summed E-state index contributed by atoms with van der Waals surface area (Å²) in [5.74, 6) is 1.64. The molecule has 5 heteroatoms. The summed E-state index contributed by atoms with van der Waals surface area (Å²) in [7, 11) is 0. The summed E-state index contributed by atoms with van der Waals surface area (Å²) in [5, 5.41) is 3.68. The van der Waals surface area contributed by atoms with E-state index in [4.69, 9.17) is 10.5 Å². The third-order valence-corrected chi connectivity index (χ3v) is 6.78. The average molecular weight is 345 g/mol. The van der Waals surface area contributed by atoms with Crippen molar-refractivity contribution in [1.82, 2.24) is 0 Å². The Labute approximate surface area is 149 Å². The van der Waals surface area contributed by atoms with Gasteiger partial charge in [-0.3, -0.25) is 4.99 Å². The van der Waals surface area contributed by atoms with Crippen molar-refractivity contribution in [1.29, 1.82) is 0 Å². The van der Waals surface area contributed by atoms with Gasteiger partial charge >= 0.3 is 0 Å². The molecule has 1 aromatic carbocycles. The zero-order valence-electron chi connectivity index (χ0n) is 15.3. The first kappa shape index (κ1) is 16.8. The van der Waals surface area contributed by atoms with Crippen LogP contribution in [0.15, 0.2) is 23.2 Å². The quantitative estimate of drug-likeness (QED) is 0.879. The van der Waals surface area contributed by atoms with E-state index in [0.717, 1.165) is 11.6 Å². The van der Waals surface area contributed by atoms with Crippen LogP contribution < -0.4 is 11.1 Å². The lowest BCUT2D eigenvalue weighted by atomic mass is 9.81. The summed E-state index contributed by atoms with van der Waals surface area (Å²) in [6, 6.07) is 5.72. The summed E-state index contributed by atoms with van der Waals surface area (Å²) in [5.41, 5.74) is 6.97. The van der Waals surface area contributed by atoms with Crippen LogP contribution in [0.2, 0.25) is 0 Å². The topological polar surface area (TPSA) is 59.6 Å². The molecule has 0 unspecified atom stereocenters. The second-order valence-corrected chi connectivity index (χ2v) is 8.75. The number of anilines is 1. The van der Waals surface area contributed by atoms with E-state index in [1.54, 1.807) is 0 Å². The lowest BCUT2D eigenvalue weighted by molar-refractivity contribution is 0.104. The van der Waals surface area contributed by atoms with Crippen LogP contribution in [0.25, 0.3) is 0 Å². The molecule has 4 rings (SSSR count). The van der Waals surface area contributed by atoms with Crippen LogP contribution in [0, 0.1) is 23.1 Å². The Bertz CT molecular complexity index is 717. The number of rotatable bonds is 3. The van der Waals surface area contributed by atoms with Gasteiger partial charge in [-0.15, -0.1) is 0 Å². The maximum atomic E-state index is 14.5. The summed E-state index contributed by atoms with van der Waals surface area (Å²) in [4.78, 5) is 4.48. The Balaban J connectivity index is 1.60. The van der Waals surface area contributed by atoms with E-state index in [2.05, 4.69) is 24.2 Å². The number of ether oxygens (including phenoxy) is 1. The van der Waals surface area contributed by atoms with Crippen molar-refractivity contribution in [2.45, 2.75) is 51.6 Å². The van der Waals surface area contributed by atoms with Gasteiger partial charge in [0.2, 0.25) is 0 Å². The number of benzene rings is 1. The van der Waals surface area contributed by atoms with Gasteiger partial charge < -0.3 is 15.8 Å². The van der Waals surface area contributed by atoms with Crippen LogP contribution in [0.1, 0.15) is 45.6 Å². The first-order valence-electron chi connectivity index (χ1n) is 9.28. The van der Waals surface area contributed by atoms with Crippen molar-refractivity contribution >= 4 is 11.5 Å². The van der Waals surface area contributed by atoms with Gasteiger partial charge in [0.15, 0.2) is 0 Å². The molecule has 0 spiro atoms. The van der Waals surface area contributed by atoms with E-state index in [1.807, 2.05) is 19.1 Å². The molecule has 0 amide bonds. The number of nitrogens with one attached hydrogen (secondary N) is 1. The van der Waals surface area contributed by atoms with Crippen LogP contribution in [0.4, 0.5) is 10.1 Å². The van der Waals surface area contributed by atoms with Crippen LogP contribution in [-0.4, -0.2) is 25.1 Å². The standard InChI is InChI=1S/C20H28FN3O/c1-19(2)12-4-6-14(19)17(8-12)23-13-5-7-16(21)15(9-13)20(3)11-25-10-18(22)24-20/h5,7,9,12,14,17,23H,4,6,8,10-11H2,1-3H3,(H2,22,24)/t12-,14-,17-,20-/m0/s1. The first-order valence-corrected chi connectivity index (χ1v) is 9.28. The van der Waals surface area contributed by atoms with Crippen LogP contribution in [0.3, 0.4) is 0 Å². The SMILES string of the molecule is CC1(C)[C@H]2CC[C@H]1[C@@H](Nc1ccc(F)c([C@]3(C)COCC(N)=N3)c1)C2. The van der Waals surface area contributed by atoms with E-state index in [9.17, 15) is 4.39 Å². The Morgan fingerprint density at radius 3 is 2.72 bits per heavy atom. The van der Waals surface area contributed by atoms with Gasteiger partial charge in [0, 0.05) is 17.3 Å². The highest BCUT2D eigenvalue weighted by atomic mass is 19.1. The predicted molar refractivity (Wildman–Crippen MR) is 98.2 cm³/mol. The van der Waals surface area contributed by atoms with Crippen molar-refractivity contribution in [3.05, 3.63) is 29.6 Å². The van der Waals surface area contributed by atoms with Gasteiger partial charge in [0.05, 0.1) is 6.61 Å². The third-order valence-electron chi connectivity index (χ3n) is 6.78. The second-order valence-electron chi connectivity index (χ2n) is 8.75. The zero-order chi connectivity index (χ0) is 17.8. The van der Waals surface area contributed by atoms with E-state index in [0.29, 0.717) is 42.0 Å². The normalized spacial score (nSPS) is 36.3. The summed E-state index contributed by atoms with van der Waals surface area (Å²) in [6.45, 7) is 7.32. The molecular weight excluding hydrogens is 317 g/mol. The Kier molecular flexibility index (Phi) is 3.83. The van der Waals surface area contributed by atoms with Gasteiger partial charge in [0.25, 0.3) is 0 Å². The van der Waals surface area contributed by atoms with Crippen molar-refractivity contribution in [3.63, 3.8) is 0 Å². The van der Waals surface area contributed by atoms with Crippen LogP contribution in [-0.2, 0) is 10.3 Å². The van der Waals surface area contributed by atoms with Gasteiger partial charge in [-0.05, 0) is 61.6 Å². The monoisotopic (exact) mass is 345 g/mol. The molecule has 25 heavy (non-hydrogen) atoms. The summed E-state index contributed by atoms with van der Waals surface area (Å²) in [6.07, 6.45) is 3.83. The third kappa shape index (κ3) is 2.73. The van der Waals surface area contributed by atoms with E-state index in [-0.39, 0.29) is 5.82 Å². The minimum atomic E-state index is -0.766. The van der Waals surface area contributed by atoms with Gasteiger partial charge in [-0.1, -0.05) is 13.8 Å². The van der Waals surface area contributed by atoms with Crippen molar-refractivity contribution in [2.24, 2.45) is 28.0 Å². The lowest BCUT2D eigenvalue weighted by Gasteiger charge is -2.31. The largest absolute Gasteiger partial charge is 0.386 e. The molecule has 2 saturated carbocycles. The molecule has 0 saturated heterocycles. The Morgan fingerprint density at radius 2 is 2.08 bits per heavy atom. The number of halogens is 1. The maximum absolute atomic E-state index is 14.5. The molecule has 1 aromatic rings. The number of aliphatic imine (C=N–C) groups is 1. The highest BCUT2D eigenvalue weighted by Gasteiger charge is 2.53. The van der Waals surface area contributed by atoms with E-state index < -0.39 is 5.54 Å². The molecule has 4 atom stereocenters. The fourth-order valence-electron chi connectivity index (χ4n) is 5.31. The zero-order valence-corrected chi connectivity index (χ0v) is 15.3. The van der Waals surface area contributed by atoms with Crippen LogP contribution in [0.5, 0.6) is 0 Å². The van der Waals surface area contributed by atoms with Crippen molar-refractivity contribution in [2.75, 3.05) is 18.5 Å². The molecule has 2 bridgehead atoms. The highest BCUT2D eigenvalue weighted by molar-refractivity contribution is 5.82. The fourth-order valence-corrected chi connectivity index (χ4v) is 5.31. The second kappa shape index (κ2) is 5.70. The number of nitrogens with two attached hydrogens (primary N) is 1. The van der Waals surface area contributed by atoms with E-state index >= 15 is 0 Å². The van der Waals surface area contributed by atoms with Crippen molar-refractivity contribution in [3.8, 4) is 0 Å². The molecule has 1 aliphatic heterocycles. The number of hydrogen-bond donors (Lipinski definition) is 2. The first-order chi connectivity index (χ1) is 11.8. The summed E-state index contributed by atoms with van der Waals surface area (Å²) < 4.78 is 20.0. The molecule has 136 valence electrons. The molecule has 1 heterocycles. The molecule has 0 radical (unpaired) electrons. The predicted octanol–water partition coefficient (Wildman–Crippen LogP) is 3.66. The van der Waals surface area contributed by atoms with Gasteiger partial charge in [0.1, 0.15) is 23.8 Å². The Morgan fingerprint density at radius 1 is 1.28 bits per heavy atom. The molecule has 0 aromatic heterocycles. The minimum Gasteiger partial charge on any atom is -0.386 e. The average Bonchev–Trinajstić information content (AvgIpc) is 2.96. The van der Waals surface area contributed by atoms with Gasteiger partial charge in [-0.25, -0.2) is 4.39 Å². The molecule has 3 aliphatic rings. The molecule has 2 aliphatic carbocycles. The fraction of sp³-hybridized carbons (Fsp3) is 0.650. The smallest absolute Gasteiger partial charge is 0.129 e. The molecule has 3 N–H and O–H groups in total. The summed E-state index contributed by atoms with van der Waals surface area (Å²) >= 11 is 0. The van der Waals surface area contributed by atoms with Crippen LogP contribution >= 0.6 is 0 Å². The van der Waals surface area contributed by atoms with Gasteiger partial charge in [-0.2, -0.15) is 0 Å². The molecule has 4 nitrogen and oxygen atoms in total. The molecular formula is C20H28FN3O. The molecule has 2 fully saturated rings. The lowest BCUT2D eigenvalue weighted by Crippen LogP contribution is -2.38. The Hall–Kier alpha value is -1.62. The van der Waals surface area contributed by atoms with Crippen molar-refractivity contribution < 1.29 is 9.13 Å². The number of fused-ring (bicyclic) bond motifs is 2.